The SMILES string of the molecule is COc1ccc(C2=C3C(=O)N(CC(=O)C(C)(C)C)C(c4ccc(C)c(C)c4)=C3C(=O)N2CC(=O)C(C)(C)C)cc1OC. The average Bonchev–Trinajstić information content (AvgIpc) is 3.35. The van der Waals surface area contributed by atoms with Gasteiger partial charge in [0, 0.05) is 16.4 Å². The number of Topliss-reactive ketones (excluding diaryl/α,β-unsaturated/α-hetero) is 2. The number of carbonyl (C=O) groups is 4. The number of ether oxygens (including phenoxy) is 2. The summed E-state index contributed by atoms with van der Waals surface area (Å²) in [7, 11) is 3.03. The van der Waals surface area contributed by atoms with Gasteiger partial charge in [0.05, 0.1) is 49.8 Å². The van der Waals surface area contributed by atoms with Crippen LogP contribution in [0.5, 0.6) is 11.5 Å². The number of ketones is 2. The zero-order valence-electron chi connectivity index (χ0n) is 26.2. The summed E-state index contributed by atoms with van der Waals surface area (Å²) in [5.74, 6) is -0.322. The first-order valence-electron chi connectivity index (χ1n) is 14.0. The van der Waals surface area contributed by atoms with Crippen molar-refractivity contribution in [3.05, 3.63) is 69.8 Å². The first kappa shape index (κ1) is 30.8. The fourth-order valence-electron chi connectivity index (χ4n) is 4.93. The summed E-state index contributed by atoms with van der Waals surface area (Å²) in [6.45, 7) is 14.3. The van der Waals surface area contributed by atoms with E-state index in [0.29, 0.717) is 34.0 Å². The number of hydrogen-bond donors (Lipinski definition) is 0. The molecule has 2 aromatic rings. The third-order valence-corrected chi connectivity index (χ3v) is 7.90. The van der Waals surface area contributed by atoms with Gasteiger partial charge in [-0.1, -0.05) is 53.7 Å². The van der Waals surface area contributed by atoms with Gasteiger partial charge in [0.2, 0.25) is 0 Å². The van der Waals surface area contributed by atoms with Gasteiger partial charge < -0.3 is 9.47 Å². The number of benzene rings is 2. The highest BCUT2D eigenvalue weighted by Gasteiger charge is 2.50. The number of nitrogens with zero attached hydrogens (tertiary/aromatic N) is 2. The lowest BCUT2D eigenvalue weighted by Crippen LogP contribution is -2.39. The molecule has 2 aromatic carbocycles. The summed E-state index contributed by atoms with van der Waals surface area (Å²) >= 11 is 0. The summed E-state index contributed by atoms with van der Waals surface area (Å²) < 4.78 is 10.9. The topological polar surface area (TPSA) is 93.2 Å². The molecule has 2 amide bonds. The minimum Gasteiger partial charge on any atom is -0.493 e. The Hall–Kier alpha value is -4.20. The quantitative estimate of drug-likeness (QED) is 0.423. The van der Waals surface area contributed by atoms with Crippen molar-refractivity contribution >= 4 is 34.8 Å². The summed E-state index contributed by atoms with van der Waals surface area (Å²) in [5.41, 5.74) is 2.85. The zero-order valence-corrected chi connectivity index (χ0v) is 26.2. The molecule has 8 nitrogen and oxygen atoms in total. The largest absolute Gasteiger partial charge is 0.493 e. The monoisotopic (exact) mass is 572 g/mol. The Morgan fingerprint density at radius 1 is 0.643 bits per heavy atom. The van der Waals surface area contributed by atoms with E-state index >= 15 is 0 Å². The van der Waals surface area contributed by atoms with E-state index in [9.17, 15) is 19.2 Å². The Kier molecular flexibility index (Phi) is 7.98. The summed E-state index contributed by atoms with van der Waals surface area (Å²) in [6, 6.07) is 10.8. The number of aryl methyl sites for hydroxylation is 2. The van der Waals surface area contributed by atoms with Crippen LogP contribution in [0.15, 0.2) is 47.5 Å². The minimum atomic E-state index is -0.716. The molecule has 0 saturated heterocycles. The molecule has 0 bridgehead atoms. The van der Waals surface area contributed by atoms with Crippen LogP contribution in [0.25, 0.3) is 11.4 Å². The fourth-order valence-corrected chi connectivity index (χ4v) is 4.93. The molecule has 8 heteroatoms. The Morgan fingerprint density at radius 2 is 1.07 bits per heavy atom. The van der Waals surface area contributed by atoms with Crippen molar-refractivity contribution in [3.63, 3.8) is 0 Å². The Balaban J connectivity index is 2.04. The van der Waals surface area contributed by atoms with Crippen molar-refractivity contribution in [2.75, 3.05) is 27.3 Å². The second kappa shape index (κ2) is 10.9. The highest BCUT2D eigenvalue weighted by Crippen LogP contribution is 2.48. The van der Waals surface area contributed by atoms with Crippen LogP contribution >= 0.6 is 0 Å². The highest BCUT2D eigenvalue weighted by atomic mass is 16.5. The molecule has 0 saturated carbocycles. The number of carbonyl (C=O) groups excluding carboxylic acids is 4. The van der Waals surface area contributed by atoms with Crippen molar-refractivity contribution in [2.45, 2.75) is 55.4 Å². The Labute approximate surface area is 248 Å². The van der Waals surface area contributed by atoms with Crippen LogP contribution in [0.2, 0.25) is 0 Å². The number of methoxy groups -OCH3 is 2. The van der Waals surface area contributed by atoms with E-state index in [-0.39, 0.29) is 35.8 Å². The van der Waals surface area contributed by atoms with Crippen LogP contribution in [0, 0.1) is 24.7 Å². The molecule has 42 heavy (non-hydrogen) atoms. The number of rotatable bonds is 8. The highest BCUT2D eigenvalue weighted by molar-refractivity contribution is 6.31. The zero-order chi connectivity index (χ0) is 31.3. The maximum absolute atomic E-state index is 14.4. The Bertz CT molecular complexity index is 1570. The van der Waals surface area contributed by atoms with Crippen molar-refractivity contribution in [1.82, 2.24) is 9.80 Å². The molecule has 222 valence electrons. The minimum absolute atomic E-state index is 0.141. The normalized spacial score (nSPS) is 15.6. The molecule has 0 atom stereocenters. The molecule has 2 aliphatic heterocycles. The van der Waals surface area contributed by atoms with Gasteiger partial charge in [-0.15, -0.1) is 0 Å². The van der Waals surface area contributed by atoms with Crippen molar-refractivity contribution in [1.29, 1.82) is 0 Å². The van der Waals surface area contributed by atoms with Crippen molar-refractivity contribution < 1.29 is 28.7 Å². The van der Waals surface area contributed by atoms with Gasteiger partial charge in [0.15, 0.2) is 23.1 Å². The van der Waals surface area contributed by atoms with Crippen LogP contribution in [-0.2, 0) is 19.2 Å². The van der Waals surface area contributed by atoms with Gasteiger partial charge in [0.25, 0.3) is 11.8 Å². The first-order valence-corrected chi connectivity index (χ1v) is 14.0. The predicted octanol–water partition coefficient (Wildman–Crippen LogP) is 5.36. The van der Waals surface area contributed by atoms with E-state index < -0.39 is 22.6 Å². The standard InChI is InChI=1S/C34H40N2O6/c1-19-11-12-21(15-20(19)2)29-27-28(32(40)35(29)17-25(37)33(3,4)5)30(22-13-14-23(41-9)24(16-22)42-10)36(31(27)39)18-26(38)34(6,7)8/h11-16H,17-18H2,1-10H3. The van der Waals surface area contributed by atoms with E-state index in [4.69, 9.17) is 9.47 Å². The lowest BCUT2D eigenvalue weighted by atomic mass is 9.90. The van der Waals surface area contributed by atoms with Gasteiger partial charge in [0.1, 0.15) is 0 Å². The third kappa shape index (κ3) is 5.38. The Morgan fingerprint density at radius 3 is 1.48 bits per heavy atom. The molecule has 2 aliphatic rings. The third-order valence-electron chi connectivity index (χ3n) is 7.90. The van der Waals surface area contributed by atoms with Gasteiger partial charge in [-0.3, -0.25) is 29.0 Å². The van der Waals surface area contributed by atoms with Gasteiger partial charge >= 0.3 is 0 Å². The van der Waals surface area contributed by atoms with Crippen LogP contribution < -0.4 is 9.47 Å². The van der Waals surface area contributed by atoms with E-state index in [1.807, 2.05) is 32.0 Å². The van der Waals surface area contributed by atoms with Crippen LogP contribution in [0.3, 0.4) is 0 Å². The van der Waals surface area contributed by atoms with E-state index in [1.165, 1.54) is 24.0 Å². The van der Waals surface area contributed by atoms with Crippen molar-refractivity contribution in [2.24, 2.45) is 10.8 Å². The molecular formula is C34H40N2O6. The van der Waals surface area contributed by atoms with E-state index in [2.05, 4.69) is 0 Å². The van der Waals surface area contributed by atoms with Crippen LogP contribution in [0.1, 0.15) is 63.8 Å². The molecule has 0 aliphatic carbocycles. The predicted molar refractivity (Wildman–Crippen MR) is 162 cm³/mol. The summed E-state index contributed by atoms with van der Waals surface area (Å²) in [4.78, 5) is 58.2. The second-order valence-corrected chi connectivity index (χ2v) is 12.9. The molecule has 0 fully saturated rings. The van der Waals surface area contributed by atoms with Gasteiger partial charge in [-0.2, -0.15) is 0 Å². The number of fused-ring (bicyclic) bond motifs is 1. The van der Waals surface area contributed by atoms with E-state index in [0.717, 1.165) is 11.1 Å². The van der Waals surface area contributed by atoms with Crippen LogP contribution in [0.4, 0.5) is 0 Å². The average molecular weight is 573 g/mol. The van der Waals surface area contributed by atoms with Gasteiger partial charge in [-0.25, -0.2) is 0 Å². The molecule has 0 spiro atoms. The molecule has 0 unspecified atom stereocenters. The number of amides is 2. The maximum Gasteiger partial charge on any atom is 0.261 e. The molecule has 4 rings (SSSR count). The summed E-state index contributed by atoms with van der Waals surface area (Å²) in [5, 5.41) is 0. The van der Waals surface area contributed by atoms with Crippen molar-refractivity contribution in [3.8, 4) is 11.5 Å². The smallest absolute Gasteiger partial charge is 0.261 e. The van der Waals surface area contributed by atoms with E-state index in [1.54, 1.807) is 59.7 Å². The van der Waals surface area contributed by atoms with Crippen LogP contribution in [-0.4, -0.2) is 60.5 Å². The number of hydrogen-bond acceptors (Lipinski definition) is 6. The molecule has 0 radical (unpaired) electrons. The molecule has 2 heterocycles. The fraction of sp³-hybridized carbons (Fsp3) is 0.412. The molecular weight excluding hydrogens is 532 g/mol. The first-order chi connectivity index (χ1) is 19.5. The molecule has 0 aromatic heterocycles. The van der Waals surface area contributed by atoms with Gasteiger partial charge in [-0.05, 0) is 54.8 Å². The maximum atomic E-state index is 14.4. The lowest BCUT2D eigenvalue weighted by Gasteiger charge is -2.28. The second-order valence-electron chi connectivity index (χ2n) is 12.9. The summed E-state index contributed by atoms with van der Waals surface area (Å²) in [6.07, 6.45) is 0. The molecule has 0 N–H and O–H groups in total. The lowest BCUT2D eigenvalue weighted by molar-refractivity contribution is -0.132.